The van der Waals surface area contributed by atoms with Crippen molar-refractivity contribution in [1.82, 2.24) is 30.2 Å². The van der Waals surface area contributed by atoms with Gasteiger partial charge in [-0.1, -0.05) is 0 Å². The zero-order chi connectivity index (χ0) is 21.0. The predicted octanol–water partition coefficient (Wildman–Crippen LogP) is 0.646. The van der Waals surface area contributed by atoms with Crippen molar-refractivity contribution in [2.24, 2.45) is 5.10 Å². The molecule has 0 spiro atoms. The summed E-state index contributed by atoms with van der Waals surface area (Å²) in [5.41, 5.74) is 8.55. The summed E-state index contributed by atoms with van der Waals surface area (Å²) < 4.78 is 1.58. The summed E-state index contributed by atoms with van der Waals surface area (Å²) in [4.78, 5) is 30.2. The van der Waals surface area contributed by atoms with E-state index >= 15 is 0 Å². The Bertz CT molecular complexity index is 966. The first-order chi connectivity index (χ1) is 13.9. The number of hydrogen-bond donors (Lipinski definition) is 3. The average Bonchev–Trinajstić information content (AvgIpc) is 3.11. The van der Waals surface area contributed by atoms with Crippen molar-refractivity contribution in [3.8, 4) is 0 Å². The van der Waals surface area contributed by atoms with Crippen LogP contribution in [0.3, 0.4) is 0 Å². The van der Waals surface area contributed by atoms with E-state index in [2.05, 4.69) is 27.6 Å². The third kappa shape index (κ3) is 4.62. The fraction of sp³-hybridized carbons (Fsp3) is 0.389. The molecule has 3 amide bonds. The summed E-state index contributed by atoms with van der Waals surface area (Å²) in [5, 5.41) is 14.7. The van der Waals surface area contributed by atoms with Crippen LogP contribution in [0, 0.1) is 0 Å². The highest BCUT2D eigenvalue weighted by Crippen LogP contribution is 2.24. The van der Waals surface area contributed by atoms with Crippen LogP contribution in [0.4, 0.5) is 16.4 Å². The molecule has 0 unspecified atom stereocenters. The van der Waals surface area contributed by atoms with Gasteiger partial charge in [-0.2, -0.15) is 14.7 Å². The first-order valence-corrected chi connectivity index (χ1v) is 9.24. The molecule has 1 saturated heterocycles. The Hall–Kier alpha value is -3.63. The summed E-state index contributed by atoms with van der Waals surface area (Å²) >= 11 is 0. The Morgan fingerprint density at radius 3 is 2.97 bits per heavy atom. The van der Waals surface area contributed by atoms with Crippen molar-refractivity contribution in [3.05, 3.63) is 24.0 Å². The van der Waals surface area contributed by atoms with Gasteiger partial charge >= 0.3 is 6.03 Å². The number of anilines is 2. The molecule has 3 heterocycles. The van der Waals surface area contributed by atoms with Gasteiger partial charge in [-0.25, -0.2) is 9.78 Å². The quantitative estimate of drug-likeness (QED) is 0.508. The number of allylic oxidation sites excluding steroid dienone is 1. The number of carbonyl (C=O) groups is 2. The van der Waals surface area contributed by atoms with E-state index in [1.165, 1.54) is 0 Å². The molecule has 4 N–H and O–H groups in total. The van der Waals surface area contributed by atoms with Crippen LogP contribution in [0.25, 0.3) is 11.2 Å². The Labute approximate surface area is 168 Å². The topological polar surface area (TPSA) is 133 Å². The lowest BCUT2D eigenvalue weighted by Gasteiger charge is -2.25. The molecule has 0 saturated carbocycles. The van der Waals surface area contributed by atoms with Gasteiger partial charge in [0.2, 0.25) is 5.91 Å². The molecule has 0 bridgehead atoms. The third-order valence-corrected chi connectivity index (χ3v) is 4.59. The third-order valence-electron chi connectivity index (χ3n) is 4.59. The number of nitrogens with one attached hydrogen (secondary N) is 2. The summed E-state index contributed by atoms with van der Waals surface area (Å²) in [6.07, 6.45) is 4.40. The number of imide groups is 1. The summed E-state index contributed by atoms with van der Waals surface area (Å²) in [6, 6.07) is 1.28. The second-order valence-corrected chi connectivity index (χ2v) is 6.75. The van der Waals surface area contributed by atoms with Crippen molar-refractivity contribution in [2.45, 2.75) is 19.8 Å². The van der Waals surface area contributed by atoms with Crippen molar-refractivity contribution < 1.29 is 9.59 Å². The van der Waals surface area contributed by atoms with E-state index in [0.29, 0.717) is 43.3 Å². The molecule has 2 aromatic rings. The predicted molar refractivity (Wildman–Crippen MR) is 111 cm³/mol. The van der Waals surface area contributed by atoms with Gasteiger partial charge in [-0.05, 0) is 18.9 Å². The lowest BCUT2D eigenvalue weighted by molar-refractivity contribution is -0.119. The van der Waals surface area contributed by atoms with Gasteiger partial charge in [-0.3, -0.25) is 15.1 Å². The van der Waals surface area contributed by atoms with Crippen molar-refractivity contribution in [2.75, 3.05) is 37.3 Å². The lowest BCUT2D eigenvalue weighted by atomic mass is 10.2. The fourth-order valence-electron chi connectivity index (χ4n) is 3.09. The minimum absolute atomic E-state index is 0.168. The molecule has 1 fully saturated rings. The van der Waals surface area contributed by atoms with Gasteiger partial charge in [0.05, 0.1) is 6.20 Å². The van der Waals surface area contributed by atoms with E-state index in [-0.39, 0.29) is 12.3 Å². The first-order valence-electron chi connectivity index (χ1n) is 9.24. The zero-order valence-corrected chi connectivity index (χ0v) is 16.6. The standard InChI is InChI=1S/C18H25N9O2/c1-12(11-25(3)20-2)13-10-22-27-14(19)9-15(23-17(13)27)26-7-4-6-21-18(29)24-16(28)5-8-26/h9-11H,2,4-8,19H2,1,3H3,(H2,21,24,28,29)/b12-11+. The van der Waals surface area contributed by atoms with Crippen LogP contribution in [0.1, 0.15) is 25.3 Å². The van der Waals surface area contributed by atoms with Crippen molar-refractivity contribution in [3.63, 3.8) is 0 Å². The highest BCUT2D eigenvalue weighted by molar-refractivity contribution is 5.94. The monoisotopic (exact) mass is 399 g/mol. The van der Waals surface area contributed by atoms with Crippen LogP contribution in [-0.4, -0.2) is 64.9 Å². The molecule has 11 nitrogen and oxygen atoms in total. The molecule has 1 aliphatic rings. The highest BCUT2D eigenvalue weighted by Gasteiger charge is 2.18. The lowest BCUT2D eigenvalue weighted by Crippen LogP contribution is -2.43. The largest absolute Gasteiger partial charge is 0.383 e. The van der Waals surface area contributed by atoms with Crippen LogP contribution in [0.5, 0.6) is 0 Å². The number of aromatic nitrogens is 3. The molecule has 0 aliphatic carbocycles. The number of nitrogen functional groups attached to an aromatic ring is 1. The van der Waals surface area contributed by atoms with Gasteiger partial charge in [0.25, 0.3) is 0 Å². The van der Waals surface area contributed by atoms with Crippen molar-refractivity contribution >= 4 is 41.5 Å². The maximum atomic E-state index is 11.9. The Kier molecular flexibility index (Phi) is 5.96. The second kappa shape index (κ2) is 8.59. The number of hydrazone groups is 1. The van der Waals surface area contributed by atoms with E-state index in [0.717, 1.165) is 11.1 Å². The molecule has 2 aromatic heterocycles. The molecule has 11 heteroatoms. The number of urea groups is 1. The Morgan fingerprint density at radius 1 is 1.41 bits per heavy atom. The number of nitrogens with zero attached hydrogens (tertiary/aromatic N) is 6. The number of fused-ring (bicyclic) bond motifs is 1. The smallest absolute Gasteiger partial charge is 0.321 e. The minimum Gasteiger partial charge on any atom is -0.383 e. The number of nitrogens with two attached hydrogens (primary N) is 1. The molecular weight excluding hydrogens is 374 g/mol. The van der Waals surface area contributed by atoms with Gasteiger partial charge < -0.3 is 16.0 Å². The summed E-state index contributed by atoms with van der Waals surface area (Å²) in [5.74, 6) is 0.751. The van der Waals surface area contributed by atoms with E-state index in [9.17, 15) is 9.59 Å². The number of carbonyl (C=O) groups excluding carboxylic acids is 2. The van der Waals surface area contributed by atoms with Crippen LogP contribution in [0.2, 0.25) is 0 Å². The fourth-order valence-corrected chi connectivity index (χ4v) is 3.09. The Morgan fingerprint density at radius 2 is 2.21 bits per heavy atom. The minimum atomic E-state index is -0.461. The van der Waals surface area contributed by atoms with Crippen molar-refractivity contribution in [1.29, 1.82) is 0 Å². The van der Waals surface area contributed by atoms with Gasteiger partial charge in [-0.15, -0.1) is 0 Å². The zero-order valence-electron chi connectivity index (χ0n) is 16.6. The molecule has 0 radical (unpaired) electrons. The molecule has 29 heavy (non-hydrogen) atoms. The van der Waals surface area contributed by atoms with Crippen LogP contribution < -0.4 is 21.3 Å². The maximum Gasteiger partial charge on any atom is 0.321 e. The van der Waals surface area contributed by atoms with Crippen LogP contribution in [0.15, 0.2) is 23.6 Å². The molecule has 1 aliphatic heterocycles. The number of amides is 3. The summed E-state index contributed by atoms with van der Waals surface area (Å²) in [7, 11) is 1.78. The van der Waals surface area contributed by atoms with Crippen LogP contribution in [-0.2, 0) is 4.79 Å². The van der Waals surface area contributed by atoms with E-state index in [1.54, 1.807) is 28.8 Å². The average molecular weight is 399 g/mol. The first kappa shape index (κ1) is 20.1. The Balaban J connectivity index is 1.95. The molecule has 0 atom stereocenters. The second-order valence-electron chi connectivity index (χ2n) is 6.75. The molecule has 154 valence electrons. The molecular formula is C18H25N9O2. The van der Waals surface area contributed by atoms with Gasteiger partial charge in [0, 0.05) is 57.7 Å². The normalized spacial score (nSPS) is 16.3. The molecule has 3 rings (SSSR count). The van der Waals surface area contributed by atoms with E-state index in [1.807, 2.05) is 18.0 Å². The highest BCUT2D eigenvalue weighted by atomic mass is 16.2. The number of hydrogen-bond acceptors (Lipinski definition) is 8. The summed E-state index contributed by atoms with van der Waals surface area (Å²) in [6.45, 7) is 6.92. The van der Waals surface area contributed by atoms with Gasteiger partial charge in [0.1, 0.15) is 11.6 Å². The van der Waals surface area contributed by atoms with E-state index in [4.69, 9.17) is 10.7 Å². The van der Waals surface area contributed by atoms with Crippen LogP contribution >= 0.6 is 0 Å². The number of rotatable bonds is 4. The molecule has 0 aromatic carbocycles. The van der Waals surface area contributed by atoms with Gasteiger partial charge in [0.15, 0.2) is 5.65 Å². The SMILES string of the molecule is C=NN(C)/C=C(\C)c1cnn2c(N)cc(N3CCCNC(=O)NC(=O)CC3)nc12. The maximum absolute atomic E-state index is 11.9. The van der Waals surface area contributed by atoms with E-state index < -0.39 is 6.03 Å².